The highest BCUT2D eigenvalue weighted by molar-refractivity contribution is 7.92. The zero-order valence-electron chi connectivity index (χ0n) is 28.0. The molecule has 3 aromatic carbocycles. The first-order valence-corrected chi connectivity index (χ1v) is 18.1. The summed E-state index contributed by atoms with van der Waals surface area (Å²) >= 11 is 5.95. The summed E-state index contributed by atoms with van der Waals surface area (Å²) in [5, 5.41) is 10.6. The molecule has 1 aliphatic rings. The van der Waals surface area contributed by atoms with Gasteiger partial charge in [-0.25, -0.2) is 8.42 Å². The molecule has 4 rings (SSSR count). The number of aliphatic hydroxyl groups is 1. The first-order valence-electron chi connectivity index (χ1n) is 16.3. The Morgan fingerprint density at radius 1 is 1.08 bits per heavy atom. The fourth-order valence-electron chi connectivity index (χ4n) is 5.55. The van der Waals surface area contributed by atoms with Gasteiger partial charge in [0.05, 0.1) is 41.7 Å². The molecule has 0 unspecified atom stereocenters. The number of hydrogen-bond acceptors (Lipinski definition) is 7. The number of anilines is 1. The molecule has 12 heteroatoms. The molecule has 3 aromatic rings. The lowest BCUT2D eigenvalue weighted by Crippen LogP contribution is -2.48. The summed E-state index contributed by atoms with van der Waals surface area (Å²) in [5.74, 6) is -0.377. The van der Waals surface area contributed by atoms with E-state index in [-0.39, 0.29) is 59.8 Å². The SMILES string of the molecule is C[C@@H]1CCCCO[C@@H](CN(C)C(=O)Cc2ccccc2)[C@H](C)CN([C@H](C)CO)C(=O)c2cc(NS(=O)(=O)c3ccc(Cl)cc3)ccc2O1. The number of carbonyl (C=O) groups excluding carboxylic acids is 2. The van der Waals surface area contributed by atoms with E-state index in [2.05, 4.69) is 4.72 Å². The summed E-state index contributed by atoms with van der Waals surface area (Å²) in [5.41, 5.74) is 1.27. The van der Waals surface area contributed by atoms with Crippen molar-refractivity contribution in [2.24, 2.45) is 5.92 Å². The van der Waals surface area contributed by atoms with Crippen LogP contribution in [0.25, 0.3) is 0 Å². The van der Waals surface area contributed by atoms with Gasteiger partial charge in [0.1, 0.15) is 5.75 Å². The van der Waals surface area contributed by atoms with Gasteiger partial charge in [0.15, 0.2) is 0 Å². The highest BCUT2D eigenvalue weighted by atomic mass is 35.5. The van der Waals surface area contributed by atoms with Gasteiger partial charge in [-0.2, -0.15) is 0 Å². The van der Waals surface area contributed by atoms with Gasteiger partial charge in [-0.1, -0.05) is 48.9 Å². The Morgan fingerprint density at radius 2 is 1.79 bits per heavy atom. The van der Waals surface area contributed by atoms with E-state index in [9.17, 15) is 23.1 Å². The Balaban J connectivity index is 1.63. The molecule has 260 valence electrons. The number of nitrogens with zero attached hydrogens (tertiary/aromatic N) is 2. The lowest BCUT2D eigenvalue weighted by molar-refractivity contribution is -0.131. The number of aliphatic hydroxyl groups excluding tert-OH is 1. The zero-order chi connectivity index (χ0) is 34.8. The summed E-state index contributed by atoms with van der Waals surface area (Å²) in [6.45, 7) is 6.36. The quantitative estimate of drug-likeness (QED) is 0.296. The van der Waals surface area contributed by atoms with Gasteiger partial charge >= 0.3 is 0 Å². The summed E-state index contributed by atoms with van der Waals surface area (Å²) in [4.78, 5) is 30.7. The Labute approximate surface area is 289 Å². The lowest BCUT2D eigenvalue weighted by Gasteiger charge is -2.36. The van der Waals surface area contributed by atoms with Crippen LogP contribution in [0.2, 0.25) is 5.02 Å². The second-order valence-electron chi connectivity index (χ2n) is 12.5. The third-order valence-electron chi connectivity index (χ3n) is 8.51. The van der Waals surface area contributed by atoms with E-state index in [1.54, 1.807) is 35.9 Å². The number of amides is 2. The maximum atomic E-state index is 14.4. The fraction of sp³-hybridized carbons (Fsp3) is 0.444. The molecule has 10 nitrogen and oxygen atoms in total. The number of rotatable bonds is 9. The van der Waals surface area contributed by atoms with Crippen LogP contribution in [0.3, 0.4) is 0 Å². The minimum absolute atomic E-state index is 0.0193. The van der Waals surface area contributed by atoms with Crippen molar-refractivity contribution < 1.29 is 32.6 Å². The average Bonchev–Trinajstić information content (AvgIpc) is 3.06. The largest absolute Gasteiger partial charge is 0.490 e. The smallest absolute Gasteiger partial charge is 0.261 e. The molecule has 0 bridgehead atoms. The van der Waals surface area contributed by atoms with Crippen LogP contribution in [0.15, 0.2) is 77.7 Å². The summed E-state index contributed by atoms with van der Waals surface area (Å²) in [6.07, 6.45) is 1.95. The number of carbonyl (C=O) groups is 2. The second-order valence-corrected chi connectivity index (χ2v) is 14.6. The maximum absolute atomic E-state index is 14.4. The molecular weight excluding hydrogens is 654 g/mol. The van der Waals surface area contributed by atoms with Gasteiger partial charge in [-0.05, 0) is 81.1 Å². The van der Waals surface area contributed by atoms with E-state index >= 15 is 0 Å². The van der Waals surface area contributed by atoms with Gasteiger partial charge in [0.25, 0.3) is 15.9 Å². The van der Waals surface area contributed by atoms with E-state index < -0.39 is 22.0 Å². The van der Waals surface area contributed by atoms with Crippen LogP contribution >= 0.6 is 11.6 Å². The molecule has 0 aromatic heterocycles. The Hall–Kier alpha value is -3.64. The molecule has 4 atom stereocenters. The molecular formula is C36H46ClN3O7S. The third-order valence-corrected chi connectivity index (χ3v) is 10.2. The molecule has 0 fully saturated rings. The number of hydrogen-bond donors (Lipinski definition) is 2. The summed E-state index contributed by atoms with van der Waals surface area (Å²) in [7, 11) is -2.23. The summed E-state index contributed by atoms with van der Waals surface area (Å²) in [6, 6.07) is 19.4. The zero-order valence-corrected chi connectivity index (χ0v) is 29.5. The topological polar surface area (TPSA) is 125 Å². The summed E-state index contributed by atoms with van der Waals surface area (Å²) < 4.78 is 41.5. The van der Waals surface area contributed by atoms with Crippen LogP contribution in [-0.2, 0) is 26.0 Å². The molecule has 1 aliphatic heterocycles. The number of benzene rings is 3. The highest BCUT2D eigenvalue weighted by Crippen LogP contribution is 2.30. The van der Waals surface area contributed by atoms with Crippen molar-refractivity contribution in [3.8, 4) is 5.75 Å². The van der Waals surface area contributed by atoms with Crippen LogP contribution < -0.4 is 9.46 Å². The normalized spacial score (nSPS) is 20.2. The molecule has 2 N–H and O–H groups in total. The molecule has 0 saturated heterocycles. The van der Waals surface area contributed by atoms with Gasteiger partial charge in [-0.3, -0.25) is 14.3 Å². The molecule has 0 aliphatic carbocycles. The number of halogens is 1. The van der Waals surface area contributed by atoms with Gasteiger partial charge in [-0.15, -0.1) is 0 Å². The van der Waals surface area contributed by atoms with Crippen LogP contribution in [0, 0.1) is 5.92 Å². The van der Waals surface area contributed by atoms with Crippen molar-refractivity contribution in [1.82, 2.24) is 9.80 Å². The fourth-order valence-corrected chi connectivity index (χ4v) is 6.73. The molecule has 0 radical (unpaired) electrons. The van der Waals surface area contributed by atoms with E-state index in [0.29, 0.717) is 30.3 Å². The lowest BCUT2D eigenvalue weighted by atomic mass is 10.0. The predicted molar refractivity (Wildman–Crippen MR) is 187 cm³/mol. The van der Waals surface area contributed by atoms with Crippen LogP contribution in [-0.4, -0.2) is 86.7 Å². The van der Waals surface area contributed by atoms with E-state index in [0.717, 1.165) is 18.4 Å². The van der Waals surface area contributed by atoms with Crippen molar-refractivity contribution in [2.75, 3.05) is 38.1 Å². The van der Waals surface area contributed by atoms with Crippen molar-refractivity contribution in [2.45, 2.75) is 69.6 Å². The second kappa shape index (κ2) is 17.1. The standard InChI is InChI=1S/C36H46ClN3O7S/c1-25-22-40(26(2)24-41)36(43)32-21-30(38-48(44,45)31-16-13-29(37)14-17-31)15-18-33(32)47-27(3)10-8-9-19-46-34(25)23-39(4)35(42)20-28-11-6-5-7-12-28/h5-7,11-18,21,25-27,34,38,41H,8-10,19-20,22-24H2,1-4H3/t25-,26-,27-,34+/m1/s1. The average molecular weight is 700 g/mol. The van der Waals surface area contributed by atoms with Crippen LogP contribution in [0.5, 0.6) is 5.75 Å². The van der Waals surface area contributed by atoms with Crippen molar-refractivity contribution in [1.29, 1.82) is 0 Å². The van der Waals surface area contributed by atoms with Crippen LogP contribution in [0.1, 0.15) is 56.0 Å². The molecule has 2 amide bonds. The third kappa shape index (κ3) is 10.2. The predicted octanol–water partition coefficient (Wildman–Crippen LogP) is 5.64. The van der Waals surface area contributed by atoms with Gasteiger partial charge in [0.2, 0.25) is 5.91 Å². The van der Waals surface area contributed by atoms with E-state index in [4.69, 9.17) is 21.1 Å². The number of sulfonamides is 1. The minimum Gasteiger partial charge on any atom is -0.490 e. The number of likely N-dealkylation sites (N-methyl/N-ethyl adjacent to an activating group) is 1. The minimum atomic E-state index is -3.99. The first-order chi connectivity index (χ1) is 22.9. The maximum Gasteiger partial charge on any atom is 0.261 e. The van der Waals surface area contributed by atoms with Crippen LogP contribution in [0.4, 0.5) is 5.69 Å². The van der Waals surface area contributed by atoms with Crippen molar-refractivity contribution in [3.63, 3.8) is 0 Å². The molecule has 1 heterocycles. The van der Waals surface area contributed by atoms with E-state index in [1.165, 1.54) is 30.3 Å². The monoisotopic (exact) mass is 699 g/mol. The van der Waals surface area contributed by atoms with Gasteiger partial charge in [0, 0.05) is 43.4 Å². The number of fused-ring (bicyclic) bond motifs is 1. The van der Waals surface area contributed by atoms with Gasteiger partial charge < -0.3 is 24.4 Å². The molecule has 48 heavy (non-hydrogen) atoms. The van der Waals surface area contributed by atoms with Crippen molar-refractivity contribution in [3.05, 3.63) is 88.9 Å². The Morgan fingerprint density at radius 3 is 2.48 bits per heavy atom. The molecule has 0 spiro atoms. The Bertz CT molecular complexity index is 1620. The number of ether oxygens (including phenoxy) is 2. The first kappa shape index (κ1) is 37.2. The van der Waals surface area contributed by atoms with E-state index in [1.807, 2.05) is 44.2 Å². The highest BCUT2D eigenvalue weighted by Gasteiger charge is 2.31. The van der Waals surface area contributed by atoms with Crippen molar-refractivity contribution >= 4 is 39.1 Å². The Kier molecular flexibility index (Phi) is 13.3. The number of nitrogens with one attached hydrogen (secondary N) is 1. The molecule has 0 saturated carbocycles.